The van der Waals surface area contributed by atoms with E-state index in [1.165, 1.54) is 0 Å². The van der Waals surface area contributed by atoms with Crippen molar-refractivity contribution in [3.8, 4) is 17.2 Å². The monoisotopic (exact) mass is 244 g/mol. The van der Waals surface area contributed by atoms with E-state index in [1.54, 1.807) is 26.4 Å². The highest BCUT2D eigenvalue weighted by Gasteiger charge is 2.04. The largest absolute Gasteiger partial charge is 0.508 e. The van der Waals surface area contributed by atoms with Crippen LogP contribution in [0.2, 0.25) is 0 Å². The van der Waals surface area contributed by atoms with Gasteiger partial charge in [0.05, 0.1) is 14.2 Å². The number of methoxy groups -OCH3 is 2. The predicted octanol–water partition coefficient (Wildman–Crippen LogP) is 3.00. The average Bonchev–Trinajstić information content (AvgIpc) is 2.42. The van der Waals surface area contributed by atoms with Gasteiger partial charge in [-0.05, 0) is 35.9 Å². The topological polar surface area (TPSA) is 38.7 Å². The van der Waals surface area contributed by atoms with Gasteiger partial charge in [-0.1, -0.05) is 12.1 Å². The van der Waals surface area contributed by atoms with E-state index in [0.717, 1.165) is 22.6 Å². The van der Waals surface area contributed by atoms with Crippen molar-refractivity contribution >= 4 is 0 Å². The fourth-order valence-corrected chi connectivity index (χ4v) is 1.79. The van der Waals surface area contributed by atoms with Crippen LogP contribution < -0.4 is 9.47 Å². The lowest BCUT2D eigenvalue weighted by Gasteiger charge is -2.08. The number of phenolic OH excluding ortho intramolecular Hbond substituents is 1. The molecule has 1 N–H and O–H groups in total. The van der Waals surface area contributed by atoms with Gasteiger partial charge in [-0.15, -0.1) is 0 Å². The zero-order chi connectivity index (χ0) is 13.0. The summed E-state index contributed by atoms with van der Waals surface area (Å²) in [4.78, 5) is 0. The minimum atomic E-state index is 0.284. The van der Waals surface area contributed by atoms with Gasteiger partial charge in [0.25, 0.3) is 0 Å². The van der Waals surface area contributed by atoms with Crippen LogP contribution >= 0.6 is 0 Å². The first-order valence-electron chi connectivity index (χ1n) is 5.71. The van der Waals surface area contributed by atoms with Crippen LogP contribution in [0.4, 0.5) is 0 Å². The number of hydrogen-bond donors (Lipinski definition) is 1. The number of phenols is 1. The minimum absolute atomic E-state index is 0.284. The third-order valence-corrected chi connectivity index (χ3v) is 2.84. The lowest BCUT2D eigenvalue weighted by Crippen LogP contribution is -1.91. The highest BCUT2D eigenvalue weighted by molar-refractivity contribution is 5.42. The Morgan fingerprint density at radius 3 is 2.11 bits per heavy atom. The fourth-order valence-electron chi connectivity index (χ4n) is 1.79. The second kappa shape index (κ2) is 5.45. The summed E-state index contributed by atoms with van der Waals surface area (Å²) < 4.78 is 10.3. The Kier molecular flexibility index (Phi) is 3.72. The summed E-state index contributed by atoms with van der Waals surface area (Å²) in [5, 5.41) is 9.81. The maximum absolute atomic E-state index is 9.81. The van der Waals surface area contributed by atoms with Crippen molar-refractivity contribution in [1.82, 2.24) is 0 Å². The number of hydrogen-bond acceptors (Lipinski definition) is 3. The summed E-state index contributed by atoms with van der Waals surface area (Å²) in [6, 6.07) is 13.0. The van der Waals surface area contributed by atoms with Gasteiger partial charge in [-0.2, -0.15) is 0 Å². The molecule has 0 saturated heterocycles. The van der Waals surface area contributed by atoms with Crippen LogP contribution in [0.15, 0.2) is 42.5 Å². The van der Waals surface area contributed by atoms with Gasteiger partial charge in [0, 0.05) is 12.0 Å². The summed E-state index contributed by atoms with van der Waals surface area (Å²) in [5.41, 5.74) is 1.96. The quantitative estimate of drug-likeness (QED) is 0.898. The fraction of sp³-hybridized carbons (Fsp3) is 0.200. The Labute approximate surface area is 107 Å². The van der Waals surface area contributed by atoms with Gasteiger partial charge in [-0.25, -0.2) is 0 Å². The van der Waals surface area contributed by atoms with Crippen molar-refractivity contribution in [2.24, 2.45) is 0 Å². The van der Waals surface area contributed by atoms with E-state index >= 15 is 0 Å². The zero-order valence-corrected chi connectivity index (χ0v) is 10.5. The molecule has 0 aliphatic rings. The minimum Gasteiger partial charge on any atom is -0.508 e. The molecule has 0 saturated carbocycles. The first-order valence-corrected chi connectivity index (χ1v) is 5.71. The molecule has 18 heavy (non-hydrogen) atoms. The number of ether oxygens (including phenoxy) is 2. The van der Waals surface area contributed by atoms with Crippen molar-refractivity contribution in [2.75, 3.05) is 14.2 Å². The van der Waals surface area contributed by atoms with Crippen LogP contribution in [0.1, 0.15) is 11.1 Å². The van der Waals surface area contributed by atoms with Crippen molar-refractivity contribution < 1.29 is 14.6 Å². The standard InChI is InChI=1S/C15H16O3/c1-17-13-5-3-11(4-6-13)9-12-10-14(18-2)7-8-15(12)16/h3-8,10,16H,9H2,1-2H3. The molecule has 94 valence electrons. The summed E-state index contributed by atoms with van der Waals surface area (Å²) in [6.07, 6.45) is 0.660. The lowest BCUT2D eigenvalue weighted by atomic mass is 10.0. The first kappa shape index (κ1) is 12.3. The SMILES string of the molecule is COc1ccc(Cc2cc(OC)ccc2O)cc1. The Morgan fingerprint density at radius 1 is 0.889 bits per heavy atom. The van der Waals surface area contributed by atoms with Gasteiger partial charge in [0.15, 0.2) is 0 Å². The van der Waals surface area contributed by atoms with Crippen molar-refractivity contribution in [2.45, 2.75) is 6.42 Å². The first-order chi connectivity index (χ1) is 8.72. The molecule has 0 fully saturated rings. The van der Waals surface area contributed by atoms with Crippen LogP contribution in [-0.2, 0) is 6.42 Å². The molecule has 3 nitrogen and oxygen atoms in total. The number of aromatic hydroxyl groups is 1. The van der Waals surface area contributed by atoms with Gasteiger partial charge in [0.1, 0.15) is 17.2 Å². The molecule has 0 bridgehead atoms. The van der Waals surface area contributed by atoms with E-state index < -0.39 is 0 Å². The summed E-state index contributed by atoms with van der Waals surface area (Å²) >= 11 is 0. The maximum atomic E-state index is 9.81. The Bertz CT molecular complexity index is 518. The van der Waals surface area contributed by atoms with Crippen LogP contribution in [0.25, 0.3) is 0 Å². The summed E-state index contributed by atoms with van der Waals surface area (Å²) in [5.74, 6) is 1.86. The zero-order valence-electron chi connectivity index (χ0n) is 10.5. The van der Waals surface area contributed by atoms with Crippen LogP contribution in [0.5, 0.6) is 17.2 Å². The third kappa shape index (κ3) is 2.74. The van der Waals surface area contributed by atoms with Gasteiger partial charge in [-0.3, -0.25) is 0 Å². The van der Waals surface area contributed by atoms with Gasteiger partial charge >= 0.3 is 0 Å². The molecule has 2 aromatic rings. The predicted molar refractivity (Wildman–Crippen MR) is 70.5 cm³/mol. The third-order valence-electron chi connectivity index (χ3n) is 2.84. The molecule has 0 unspecified atom stereocenters. The highest BCUT2D eigenvalue weighted by Crippen LogP contribution is 2.25. The van der Waals surface area contributed by atoms with Crippen molar-refractivity contribution in [3.05, 3.63) is 53.6 Å². The molecule has 0 aromatic heterocycles. The second-order valence-electron chi connectivity index (χ2n) is 4.02. The number of rotatable bonds is 4. The molecule has 0 spiro atoms. The van der Waals surface area contributed by atoms with Gasteiger partial charge < -0.3 is 14.6 Å². The Hall–Kier alpha value is -2.16. The average molecular weight is 244 g/mol. The van der Waals surface area contributed by atoms with E-state index in [0.29, 0.717) is 6.42 Å². The molecular weight excluding hydrogens is 228 g/mol. The molecule has 0 heterocycles. The molecule has 0 amide bonds. The van der Waals surface area contributed by atoms with E-state index in [1.807, 2.05) is 30.3 Å². The molecule has 2 aromatic carbocycles. The van der Waals surface area contributed by atoms with E-state index in [2.05, 4.69) is 0 Å². The molecule has 0 aliphatic carbocycles. The van der Waals surface area contributed by atoms with Gasteiger partial charge in [0.2, 0.25) is 0 Å². The van der Waals surface area contributed by atoms with E-state index in [4.69, 9.17) is 9.47 Å². The molecular formula is C15H16O3. The lowest BCUT2D eigenvalue weighted by molar-refractivity contribution is 0.411. The van der Waals surface area contributed by atoms with Crippen molar-refractivity contribution in [1.29, 1.82) is 0 Å². The highest BCUT2D eigenvalue weighted by atomic mass is 16.5. The van der Waals surface area contributed by atoms with E-state index in [-0.39, 0.29) is 5.75 Å². The molecule has 0 aliphatic heterocycles. The Morgan fingerprint density at radius 2 is 1.50 bits per heavy atom. The normalized spacial score (nSPS) is 10.1. The van der Waals surface area contributed by atoms with Crippen LogP contribution in [-0.4, -0.2) is 19.3 Å². The van der Waals surface area contributed by atoms with Crippen LogP contribution in [0.3, 0.4) is 0 Å². The smallest absolute Gasteiger partial charge is 0.119 e. The molecule has 0 radical (unpaired) electrons. The molecule has 2 rings (SSSR count). The van der Waals surface area contributed by atoms with E-state index in [9.17, 15) is 5.11 Å². The number of benzene rings is 2. The summed E-state index contributed by atoms with van der Waals surface area (Å²) in [7, 11) is 3.26. The van der Waals surface area contributed by atoms with Crippen molar-refractivity contribution in [3.63, 3.8) is 0 Å². The van der Waals surface area contributed by atoms with Crippen LogP contribution in [0, 0.1) is 0 Å². The second-order valence-corrected chi connectivity index (χ2v) is 4.02. The molecule has 3 heteroatoms. The maximum Gasteiger partial charge on any atom is 0.119 e. The molecule has 0 atom stereocenters. The Balaban J connectivity index is 2.21. The summed E-state index contributed by atoms with van der Waals surface area (Å²) in [6.45, 7) is 0.